The standard InChI is InChI=1S/C8H17N3O/c1-6(2)10-8(12)5-11-3-7(9)4-11/h6-7H,3-5,9H2,1-2H3,(H,10,12). The molecule has 0 aliphatic carbocycles. The second-order valence-electron chi connectivity index (χ2n) is 3.68. The molecule has 12 heavy (non-hydrogen) atoms. The van der Waals surface area contributed by atoms with Crippen LogP contribution in [0.25, 0.3) is 0 Å². The van der Waals surface area contributed by atoms with Crippen molar-refractivity contribution in [2.45, 2.75) is 25.9 Å². The summed E-state index contributed by atoms with van der Waals surface area (Å²) in [7, 11) is 0. The lowest BCUT2D eigenvalue weighted by Gasteiger charge is -2.36. The highest BCUT2D eigenvalue weighted by Gasteiger charge is 2.24. The molecule has 1 aliphatic rings. The molecule has 0 saturated carbocycles. The molecular formula is C8H17N3O. The minimum atomic E-state index is 0.0944. The lowest BCUT2D eigenvalue weighted by Crippen LogP contribution is -2.58. The fourth-order valence-corrected chi connectivity index (χ4v) is 1.31. The molecule has 0 aromatic rings. The van der Waals surface area contributed by atoms with Gasteiger partial charge in [0.25, 0.3) is 0 Å². The van der Waals surface area contributed by atoms with Gasteiger partial charge in [0.2, 0.25) is 5.91 Å². The van der Waals surface area contributed by atoms with Crippen LogP contribution in [-0.2, 0) is 4.79 Å². The van der Waals surface area contributed by atoms with E-state index >= 15 is 0 Å². The molecule has 4 heteroatoms. The molecule has 0 radical (unpaired) electrons. The summed E-state index contributed by atoms with van der Waals surface area (Å²) in [4.78, 5) is 13.2. The summed E-state index contributed by atoms with van der Waals surface area (Å²) in [6, 6.07) is 0.504. The Kier molecular flexibility index (Phi) is 3.05. The predicted octanol–water partition coefficient (Wildman–Crippen LogP) is -0.846. The average Bonchev–Trinajstić information content (AvgIpc) is 1.82. The minimum absolute atomic E-state index is 0.0944. The van der Waals surface area contributed by atoms with Gasteiger partial charge in [-0.1, -0.05) is 0 Å². The number of rotatable bonds is 3. The fraction of sp³-hybridized carbons (Fsp3) is 0.875. The molecule has 3 N–H and O–H groups in total. The first kappa shape index (κ1) is 9.48. The smallest absolute Gasteiger partial charge is 0.234 e. The predicted molar refractivity (Wildman–Crippen MR) is 47.7 cm³/mol. The third-order valence-corrected chi connectivity index (χ3v) is 1.80. The van der Waals surface area contributed by atoms with Crippen LogP contribution in [0.3, 0.4) is 0 Å². The van der Waals surface area contributed by atoms with Crippen LogP contribution in [0, 0.1) is 0 Å². The van der Waals surface area contributed by atoms with Crippen LogP contribution in [-0.4, -0.2) is 42.5 Å². The molecule has 1 heterocycles. The fourth-order valence-electron chi connectivity index (χ4n) is 1.31. The molecule has 1 fully saturated rings. The van der Waals surface area contributed by atoms with Gasteiger partial charge in [-0.25, -0.2) is 0 Å². The van der Waals surface area contributed by atoms with E-state index in [1.165, 1.54) is 0 Å². The first-order chi connectivity index (χ1) is 5.58. The van der Waals surface area contributed by atoms with Gasteiger partial charge in [0.05, 0.1) is 6.54 Å². The van der Waals surface area contributed by atoms with Gasteiger partial charge in [-0.3, -0.25) is 9.69 Å². The number of nitrogens with zero attached hydrogens (tertiary/aromatic N) is 1. The van der Waals surface area contributed by atoms with E-state index in [1.807, 2.05) is 18.7 Å². The highest BCUT2D eigenvalue weighted by molar-refractivity contribution is 5.78. The zero-order chi connectivity index (χ0) is 9.14. The molecule has 1 saturated heterocycles. The third-order valence-electron chi connectivity index (χ3n) is 1.80. The summed E-state index contributed by atoms with van der Waals surface area (Å²) < 4.78 is 0. The van der Waals surface area contributed by atoms with E-state index in [-0.39, 0.29) is 18.0 Å². The molecule has 0 aromatic carbocycles. The van der Waals surface area contributed by atoms with E-state index in [1.54, 1.807) is 0 Å². The highest BCUT2D eigenvalue weighted by atomic mass is 16.2. The Morgan fingerprint density at radius 1 is 1.67 bits per heavy atom. The Bertz CT molecular complexity index is 164. The van der Waals surface area contributed by atoms with Gasteiger partial charge in [-0.05, 0) is 13.8 Å². The van der Waals surface area contributed by atoms with Crippen LogP contribution >= 0.6 is 0 Å². The molecule has 0 bridgehead atoms. The first-order valence-electron chi connectivity index (χ1n) is 4.35. The van der Waals surface area contributed by atoms with E-state index < -0.39 is 0 Å². The molecule has 0 atom stereocenters. The molecule has 1 amide bonds. The number of amides is 1. The summed E-state index contributed by atoms with van der Waals surface area (Å²) in [5.74, 6) is 0.0944. The van der Waals surface area contributed by atoms with Crippen LogP contribution in [0.4, 0.5) is 0 Å². The molecule has 0 spiro atoms. The number of nitrogens with two attached hydrogens (primary N) is 1. The molecule has 70 valence electrons. The van der Waals surface area contributed by atoms with Crippen LogP contribution in [0.1, 0.15) is 13.8 Å². The first-order valence-corrected chi connectivity index (χ1v) is 4.35. The van der Waals surface area contributed by atoms with Crippen molar-refractivity contribution in [2.75, 3.05) is 19.6 Å². The second kappa shape index (κ2) is 3.87. The maximum absolute atomic E-state index is 11.2. The summed E-state index contributed by atoms with van der Waals surface area (Å²) in [5, 5.41) is 2.84. The van der Waals surface area contributed by atoms with Crippen molar-refractivity contribution >= 4 is 5.91 Å². The summed E-state index contributed by atoms with van der Waals surface area (Å²) in [5.41, 5.74) is 5.57. The lowest BCUT2D eigenvalue weighted by molar-refractivity contribution is -0.123. The zero-order valence-electron chi connectivity index (χ0n) is 7.71. The molecular weight excluding hydrogens is 154 g/mol. The number of carbonyl (C=O) groups excluding carboxylic acids is 1. The van der Waals surface area contributed by atoms with Crippen molar-refractivity contribution < 1.29 is 4.79 Å². The zero-order valence-corrected chi connectivity index (χ0v) is 7.71. The van der Waals surface area contributed by atoms with E-state index in [9.17, 15) is 4.79 Å². The van der Waals surface area contributed by atoms with Gasteiger partial charge in [-0.2, -0.15) is 0 Å². The van der Waals surface area contributed by atoms with Gasteiger partial charge in [0.1, 0.15) is 0 Å². The van der Waals surface area contributed by atoms with Crippen molar-refractivity contribution in [3.05, 3.63) is 0 Å². The van der Waals surface area contributed by atoms with E-state index in [4.69, 9.17) is 5.73 Å². The summed E-state index contributed by atoms with van der Waals surface area (Å²) in [6.45, 7) is 6.11. The van der Waals surface area contributed by atoms with Crippen molar-refractivity contribution in [1.29, 1.82) is 0 Å². The minimum Gasteiger partial charge on any atom is -0.353 e. The number of nitrogens with one attached hydrogen (secondary N) is 1. The van der Waals surface area contributed by atoms with Crippen molar-refractivity contribution in [2.24, 2.45) is 5.73 Å². The Morgan fingerprint density at radius 2 is 2.25 bits per heavy atom. The van der Waals surface area contributed by atoms with Crippen molar-refractivity contribution in [3.8, 4) is 0 Å². The quantitative estimate of drug-likeness (QED) is 0.582. The highest BCUT2D eigenvalue weighted by Crippen LogP contribution is 2.03. The monoisotopic (exact) mass is 171 g/mol. The second-order valence-corrected chi connectivity index (χ2v) is 3.68. The molecule has 1 aliphatic heterocycles. The van der Waals surface area contributed by atoms with Crippen molar-refractivity contribution in [3.63, 3.8) is 0 Å². The average molecular weight is 171 g/mol. The van der Waals surface area contributed by atoms with E-state index in [0.717, 1.165) is 13.1 Å². The molecule has 0 unspecified atom stereocenters. The number of hydrogen-bond acceptors (Lipinski definition) is 3. The van der Waals surface area contributed by atoms with Crippen LogP contribution < -0.4 is 11.1 Å². The SMILES string of the molecule is CC(C)NC(=O)CN1CC(N)C1. The number of hydrogen-bond donors (Lipinski definition) is 2. The molecule has 1 rings (SSSR count). The maximum Gasteiger partial charge on any atom is 0.234 e. The topological polar surface area (TPSA) is 58.4 Å². The van der Waals surface area contributed by atoms with Crippen LogP contribution in [0.2, 0.25) is 0 Å². The van der Waals surface area contributed by atoms with Gasteiger partial charge in [0, 0.05) is 25.2 Å². The maximum atomic E-state index is 11.2. The number of carbonyl (C=O) groups is 1. The van der Waals surface area contributed by atoms with Gasteiger partial charge >= 0.3 is 0 Å². The number of likely N-dealkylation sites (tertiary alicyclic amines) is 1. The third kappa shape index (κ3) is 2.79. The Labute approximate surface area is 73.1 Å². The Morgan fingerprint density at radius 3 is 2.67 bits per heavy atom. The Balaban J connectivity index is 2.11. The largest absolute Gasteiger partial charge is 0.353 e. The summed E-state index contributed by atoms with van der Waals surface area (Å²) >= 11 is 0. The van der Waals surface area contributed by atoms with Gasteiger partial charge in [-0.15, -0.1) is 0 Å². The van der Waals surface area contributed by atoms with Crippen LogP contribution in [0.15, 0.2) is 0 Å². The van der Waals surface area contributed by atoms with E-state index in [0.29, 0.717) is 6.54 Å². The molecule has 4 nitrogen and oxygen atoms in total. The van der Waals surface area contributed by atoms with Crippen LogP contribution in [0.5, 0.6) is 0 Å². The molecule has 0 aromatic heterocycles. The van der Waals surface area contributed by atoms with Gasteiger partial charge < -0.3 is 11.1 Å². The lowest BCUT2D eigenvalue weighted by atomic mass is 10.1. The Hall–Kier alpha value is -0.610. The summed E-state index contributed by atoms with van der Waals surface area (Å²) in [6.07, 6.45) is 0. The van der Waals surface area contributed by atoms with Gasteiger partial charge in [0.15, 0.2) is 0 Å². The van der Waals surface area contributed by atoms with Crippen molar-refractivity contribution in [1.82, 2.24) is 10.2 Å². The van der Waals surface area contributed by atoms with E-state index in [2.05, 4.69) is 5.32 Å². The normalized spacial score (nSPS) is 19.3.